The van der Waals surface area contributed by atoms with Crippen molar-refractivity contribution >= 4 is 74.8 Å². The highest BCUT2D eigenvalue weighted by atomic mass is 127. The third-order valence-corrected chi connectivity index (χ3v) is 10.2. The number of ether oxygens (including phenoxy) is 1. The number of halogens is 2. The van der Waals surface area contributed by atoms with Crippen molar-refractivity contribution in [3.63, 3.8) is 0 Å². The summed E-state index contributed by atoms with van der Waals surface area (Å²) in [6.07, 6.45) is 11.1. The van der Waals surface area contributed by atoms with Crippen LogP contribution in [-0.2, 0) is 15.0 Å². The van der Waals surface area contributed by atoms with E-state index in [1.54, 1.807) is 6.08 Å². The number of benzene rings is 2. The van der Waals surface area contributed by atoms with Crippen LogP contribution in [0, 0.1) is 24.9 Å². The van der Waals surface area contributed by atoms with Gasteiger partial charge in [-0.3, -0.25) is 14.9 Å². The van der Waals surface area contributed by atoms with Crippen LogP contribution in [0.2, 0.25) is 0 Å². The lowest BCUT2D eigenvalue weighted by Crippen LogP contribution is -2.54. The average Bonchev–Trinajstić information content (AvgIpc) is 2.85. The number of imide groups is 2. The summed E-state index contributed by atoms with van der Waals surface area (Å²) < 4.78 is 7.42. The van der Waals surface area contributed by atoms with Gasteiger partial charge in [-0.2, -0.15) is 0 Å². The van der Waals surface area contributed by atoms with Gasteiger partial charge in [-0.25, -0.2) is 9.69 Å². The third kappa shape index (κ3) is 4.61. The summed E-state index contributed by atoms with van der Waals surface area (Å²) in [6.45, 7) is 4.06. The van der Waals surface area contributed by atoms with Gasteiger partial charge in [0.05, 0.1) is 12.8 Å². The number of rotatable bonds is 6. The zero-order chi connectivity index (χ0) is 26.6. The Balaban J connectivity index is 1.27. The van der Waals surface area contributed by atoms with Crippen molar-refractivity contribution in [1.82, 2.24) is 5.32 Å². The van der Waals surface area contributed by atoms with E-state index in [1.807, 2.05) is 24.3 Å². The van der Waals surface area contributed by atoms with Gasteiger partial charge >= 0.3 is 6.03 Å². The van der Waals surface area contributed by atoms with E-state index in [4.69, 9.17) is 4.74 Å². The van der Waals surface area contributed by atoms with Crippen LogP contribution >= 0.6 is 45.2 Å². The fourth-order valence-electron chi connectivity index (χ4n) is 7.43. The molecule has 0 radical (unpaired) electrons. The Morgan fingerprint density at radius 1 is 0.974 bits per heavy atom. The van der Waals surface area contributed by atoms with E-state index in [1.165, 1.54) is 50.2 Å². The first kappa shape index (κ1) is 26.0. The molecular formula is C30H28I2N2O4. The molecule has 196 valence electrons. The molecule has 8 heteroatoms. The molecule has 2 aromatic rings. The Bertz CT molecular complexity index is 1320. The summed E-state index contributed by atoms with van der Waals surface area (Å²) in [5.41, 5.74) is 2.62. The van der Waals surface area contributed by atoms with E-state index in [0.29, 0.717) is 17.9 Å². The molecule has 2 aromatic carbocycles. The van der Waals surface area contributed by atoms with Crippen molar-refractivity contribution in [1.29, 1.82) is 0 Å². The van der Waals surface area contributed by atoms with Gasteiger partial charge in [0.25, 0.3) is 11.8 Å². The minimum Gasteiger partial charge on any atom is -0.487 e. The van der Waals surface area contributed by atoms with E-state index < -0.39 is 17.8 Å². The van der Waals surface area contributed by atoms with Gasteiger partial charge in [-0.15, -0.1) is 0 Å². The zero-order valence-electron chi connectivity index (χ0n) is 20.8. The molecule has 4 aliphatic carbocycles. The molecule has 38 heavy (non-hydrogen) atoms. The summed E-state index contributed by atoms with van der Waals surface area (Å²) in [6, 6.07) is 10.9. The summed E-state index contributed by atoms with van der Waals surface area (Å²) in [7, 11) is 0. The lowest BCUT2D eigenvalue weighted by molar-refractivity contribution is -0.122. The van der Waals surface area contributed by atoms with E-state index in [9.17, 15) is 14.4 Å². The van der Waals surface area contributed by atoms with Gasteiger partial charge in [0.1, 0.15) is 17.9 Å². The van der Waals surface area contributed by atoms with Crippen molar-refractivity contribution < 1.29 is 19.1 Å². The van der Waals surface area contributed by atoms with E-state index >= 15 is 0 Å². The molecule has 4 bridgehead atoms. The van der Waals surface area contributed by atoms with Gasteiger partial charge in [0, 0.05) is 0 Å². The zero-order valence-corrected chi connectivity index (χ0v) is 25.2. The van der Waals surface area contributed by atoms with Crippen LogP contribution in [0.3, 0.4) is 0 Å². The molecule has 0 unspecified atom stereocenters. The van der Waals surface area contributed by atoms with E-state index in [-0.39, 0.29) is 11.0 Å². The quantitative estimate of drug-likeness (QED) is 0.157. The van der Waals surface area contributed by atoms with Crippen LogP contribution in [0.4, 0.5) is 10.5 Å². The van der Waals surface area contributed by atoms with Crippen molar-refractivity contribution in [2.75, 3.05) is 11.5 Å². The second-order valence-corrected chi connectivity index (χ2v) is 13.4. The summed E-state index contributed by atoms with van der Waals surface area (Å²) >= 11 is 4.33. The smallest absolute Gasteiger partial charge is 0.335 e. The molecule has 6 nitrogen and oxygen atoms in total. The Hall–Kier alpha value is -2.21. The molecule has 1 saturated heterocycles. The van der Waals surface area contributed by atoms with Crippen molar-refractivity contribution in [2.24, 2.45) is 17.8 Å². The monoisotopic (exact) mass is 734 g/mol. The summed E-state index contributed by atoms with van der Waals surface area (Å²) in [4.78, 5) is 40.0. The molecule has 4 amide bonds. The number of amides is 4. The molecule has 5 aliphatic rings. The van der Waals surface area contributed by atoms with Crippen molar-refractivity contribution in [2.45, 2.75) is 43.9 Å². The minimum absolute atomic E-state index is 0.0823. The molecule has 7 rings (SSSR count). The van der Waals surface area contributed by atoms with Gasteiger partial charge in [0.2, 0.25) is 0 Å². The molecule has 5 fully saturated rings. The average molecular weight is 734 g/mol. The second kappa shape index (κ2) is 10.1. The maximum atomic E-state index is 13.5. The van der Waals surface area contributed by atoms with Gasteiger partial charge in [-0.1, -0.05) is 24.8 Å². The number of hydrogen-bond acceptors (Lipinski definition) is 4. The number of urea groups is 1. The highest BCUT2D eigenvalue weighted by Crippen LogP contribution is 2.60. The Labute approximate surface area is 249 Å². The van der Waals surface area contributed by atoms with E-state index in [2.05, 4.69) is 69.2 Å². The Morgan fingerprint density at radius 3 is 2.11 bits per heavy atom. The normalized spacial score (nSPS) is 29.1. The predicted molar refractivity (Wildman–Crippen MR) is 163 cm³/mol. The number of nitrogens with one attached hydrogen (secondary N) is 1. The lowest BCUT2D eigenvalue weighted by Gasteiger charge is -2.57. The number of barbiturate groups is 1. The van der Waals surface area contributed by atoms with Crippen LogP contribution in [-0.4, -0.2) is 24.5 Å². The SMILES string of the molecule is C=CCOc1c(I)cc(/C=C2\C(=O)NC(=O)N(c3ccc(C45CC6CC(CC(C6)C4)C5)cc3)C2=O)cc1I. The summed E-state index contributed by atoms with van der Waals surface area (Å²) in [5, 5.41) is 2.34. The first-order valence-electron chi connectivity index (χ1n) is 13.0. The number of anilines is 1. The van der Waals surface area contributed by atoms with E-state index in [0.717, 1.165) is 35.5 Å². The first-order valence-corrected chi connectivity index (χ1v) is 15.2. The topological polar surface area (TPSA) is 75.7 Å². The van der Waals surface area contributed by atoms with Gasteiger partial charge in [-0.05, 0) is 148 Å². The number of carbonyl (C=O) groups is 3. The third-order valence-electron chi connectivity index (χ3n) is 8.55. The molecule has 0 aromatic heterocycles. The molecule has 4 saturated carbocycles. The number of nitrogens with zero attached hydrogens (tertiary/aromatic N) is 1. The highest BCUT2D eigenvalue weighted by Gasteiger charge is 2.51. The largest absolute Gasteiger partial charge is 0.487 e. The predicted octanol–water partition coefficient (Wildman–Crippen LogP) is 6.59. The Morgan fingerprint density at radius 2 is 1.55 bits per heavy atom. The molecule has 1 N–H and O–H groups in total. The second-order valence-electron chi connectivity index (χ2n) is 11.1. The van der Waals surface area contributed by atoms with Crippen LogP contribution in [0.15, 0.2) is 54.6 Å². The number of hydrogen-bond donors (Lipinski definition) is 1. The molecule has 0 atom stereocenters. The lowest BCUT2D eigenvalue weighted by atomic mass is 9.48. The molecule has 0 spiro atoms. The standard InChI is InChI=1S/C30H28I2N2O4/c1-2-7-38-26-24(31)12-17(13-25(26)32)11-23-27(35)33-29(37)34(28(23)36)22-5-3-21(4-6-22)30-14-18-8-19(15-30)10-20(9-18)16-30/h2-6,11-13,18-20H,1,7-10,14-16H2,(H,33,35,37)/b23-11+. The van der Waals surface area contributed by atoms with Crippen LogP contribution in [0.1, 0.15) is 49.7 Å². The highest BCUT2D eigenvalue weighted by molar-refractivity contribution is 14.1. The van der Waals surface area contributed by atoms with Gasteiger partial charge in [0.15, 0.2) is 0 Å². The maximum absolute atomic E-state index is 13.5. The minimum atomic E-state index is -0.725. The van der Waals surface area contributed by atoms with Gasteiger partial charge < -0.3 is 4.74 Å². The molecular weight excluding hydrogens is 706 g/mol. The van der Waals surface area contributed by atoms with Crippen molar-refractivity contribution in [3.8, 4) is 5.75 Å². The molecule has 1 heterocycles. The first-order chi connectivity index (χ1) is 18.3. The van der Waals surface area contributed by atoms with Crippen LogP contribution in [0.25, 0.3) is 6.08 Å². The fraction of sp³-hybridized carbons (Fsp3) is 0.367. The van der Waals surface area contributed by atoms with Crippen LogP contribution < -0.4 is 15.0 Å². The molecule has 1 aliphatic heterocycles. The van der Waals surface area contributed by atoms with Crippen LogP contribution in [0.5, 0.6) is 5.75 Å². The fourth-order valence-corrected chi connectivity index (χ4v) is 9.56. The Kier molecular flexibility index (Phi) is 6.90. The summed E-state index contributed by atoms with van der Waals surface area (Å²) in [5.74, 6) is 1.91. The van der Waals surface area contributed by atoms with Crippen molar-refractivity contribution in [3.05, 3.63) is 72.9 Å². The number of carbonyl (C=O) groups excluding carboxylic acids is 3. The maximum Gasteiger partial charge on any atom is 0.335 e.